The minimum atomic E-state index is -0.299. The Kier molecular flexibility index (Phi) is 9.49. The first kappa shape index (κ1) is 17.7. The molecule has 0 aliphatic heterocycles. The molecule has 118 valence electrons. The van der Waals surface area contributed by atoms with Crippen LogP contribution in [0.5, 0.6) is 5.75 Å². The molecule has 1 aromatic rings. The zero-order valence-electron chi connectivity index (χ0n) is 12.9. The van der Waals surface area contributed by atoms with Gasteiger partial charge in [0.2, 0.25) is 0 Å². The summed E-state index contributed by atoms with van der Waals surface area (Å²) in [6, 6.07) is 5.11. The quantitative estimate of drug-likeness (QED) is 0.471. The fraction of sp³-hybridized carbons (Fsp3) is 0.529. The van der Waals surface area contributed by atoms with Crippen molar-refractivity contribution in [3.8, 4) is 5.75 Å². The Morgan fingerprint density at radius 3 is 2.81 bits per heavy atom. The maximum absolute atomic E-state index is 13.9. The van der Waals surface area contributed by atoms with Gasteiger partial charge in [0.1, 0.15) is 0 Å². The molecule has 0 spiro atoms. The normalized spacial score (nSPS) is 10.6. The zero-order chi connectivity index (χ0) is 15.3. The number of rotatable bonds is 12. The fourth-order valence-electron chi connectivity index (χ4n) is 1.93. The number of halogens is 1. The first-order chi connectivity index (χ1) is 10.3. The van der Waals surface area contributed by atoms with Crippen molar-refractivity contribution in [3.05, 3.63) is 42.2 Å². The highest BCUT2D eigenvalue weighted by Gasteiger charge is 2.04. The molecule has 0 unspecified atom stereocenters. The minimum absolute atomic E-state index is 0.299. The third-order valence-electron chi connectivity index (χ3n) is 3.12. The van der Waals surface area contributed by atoms with Crippen LogP contribution in [0.4, 0.5) is 4.39 Å². The van der Waals surface area contributed by atoms with Crippen LogP contribution in [0.15, 0.2) is 30.9 Å². The van der Waals surface area contributed by atoms with Crippen molar-refractivity contribution in [3.63, 3.8) is 0 Å². The summed E-state index contributed by atoms with van der Waals surface area (Å²) >= 11 is 0. The summed E-state index contributed by atoms with van der Waals surface area (Å²) in [5.74, 6) is 0.0338. The number of benzene rings is 1. The van der Waals surface area contributed by atoms with Gasteiger partial charge in [-0.25, -0.2) is 4.39 Å². The topological polar surface area (TPSA) is 30.5 Å². The average molecular weight is 295 g/mol. The number of hydrogen-bond donors (Lipinski definition) is 1. The van der Waals surface area contributed by atoms with Crippen molar-refractivity contribution in [1.29, 1.82) is 0 Å². The summed E-state index contributed by atoms with van der Waals surface area (Å²) < 4.78 is 24.3. The second-order valence-corrected chi connectivity index (χ2v) is 4.92. The molecule has 3 nitrogen and oxygen atoms in total. The molecule has 0 heterocycles. The Morgan fingerprint density at radius 2 is 2.10 bits per heavy atom. The average Bonchev–Trinajstić information content (AvgIpc) is 2.49. The maximum atomic E-state index is 13.9. The molecule has 0 fully saturated rings. The highest BCUT2D eigenvalue weighted by Crippen LogP contribution is 2.18. The summed E-state index contributed by atoms with van der Waals surface area (Å²) in [5.41, 5.74) is 0.905. The van der Waals surface area contributed by atoms with E-state index in [4.69, 9.17) is 9.47 Å². The van der Waals surface area contributed by atoms with Gasteiger partial charge >= 0.3 is 0 Å². The summed E-state index contributed by atoms with van der Waals surface area (Å²) in [6.07, 6.45) is 6.07. The number of methoxy groups -OCH3 is 1. The van der Waals surface area contributed by atoms with Crippen LogP contribution in [-0.2, 0) is 11.3 Å². The van der Waals surface area contributed by atoms with Gasteiger partial charge in [-0.05, 0) is 43.4 Å². The van der Waals surface area contributed by atoms with Crippen molar-refractivity contribution >= 4 is 0 Å². The molecule has 4 heteroatoms. The lowest BCUT2D eigenvalue weighted by Crippen LogP contribution is -2.18. The second kappa shape index (κ2) is 11.3. The van der Waals surface area contributed by atoms with Crippen molar-refractivity contribution in [2.24, 2.45) is 0 Å². The molecule has 1 aromatic carbocycles. The van der Waals surface area contributed by atoms with Crippen molar-refractivity contribution < 1.29 is 13.9 Å². The van der Waals surface area contributed by atoms with Gasteiger partial charge in [-0.1, -0.05) is 12.1 Å². The van der Waals surface area contributed by atoms with E-state index in [-0.39, 0.29) is 5.82 Å². The highest BCUT2D eigenvalue weighted by atomic mass is 19.1. The molecule has 1 rings (SSSR count). The van der Waals surface area contributed by atoms with E-state index in [9.17, 15) is 4.39 Å². The summed E-state index contributed by atoms with van der Waals surface area (Å²) in [5, 5.41) is 3.18. The van der Waals surface area contributed by atoms with Crippen LogP contribution in [0.2, 0.25) is 0 Å². The van der Waals surface area contributed by atoms with Crippen LogP contribution in [0.1, 0.15) is 31.2 Å². The lowest BCUT2D eigenvalue weighted by Gasteiger charge is -2.09. The predicted octanol–water partition coefficient (Wildman–Crippen LogP) is 3.69. The summed E-state index contributed by atoms with van der Waals surface area (Å²) in [6.45, 7) is 6.27. The molecule has 0 amide bonds. The molecule has 0 atom stereocenters. The van der Waals surface area contributed by atoms with Crippen LogP contribution in [0.3, 0.4) is 0 Å². The van der Waals surface area contributed by atoms with Gasteiger partial charge in [0, 0.05) is 20.2 Å². The van der Waals surface area contributed by atoms with E-state index in [1.165, 1.54) is 6.07 Å². The number of unbranched alkanes of at least 4 members (excludes halogenated alkanes) is 3. The van der Waals surface area contributed by atoms with E-state index >= 15 is 0 Å². The largest absolute Gasteiger partial charge is 0.491 e. The third-order valence-corrected chi connectivity index (χ3v) is 3.12. The number of hydrogen-bond acceptors (Lipinski definition) is 3. The fourth-order valence-corrected chi connectivity index (χ4v) is 1.93. The molecular formula is C17H26FNO2. The third kappa shape index (κ3) is 7.83. The molecule has 0 radical (unpaired) electrons. The van der Waals surface area contributed by atoms with Crippen LogP contribution >= 0.6 is 0 Å². The Hall–Kier alpha value is -1.39. The van der Waals surface area contributed by atoms with Crippen molar-refractivity contribution in [1.82, 2.24) is 5.32 Å². The molecule has 0 bridgehead atoms. The number of allylic oxidation sites excluding steroid dienone is 1. The molecule has 0 aliphatic carbocycles. The van der Waals surface area contributed by atoms with E-state index in [1.54, 1.807) is 13.2 Å². The molecule has 21 heavy (non-hydrogen) atoms. The second-order valence-electron chi connectivity index (χ2n) is 4.92. The van der Waals surface area contributed by atoms with Crippen LogP contribution in [0, 0.1) is 5.82 Å². The van der Waals surface area contributed by atoms with Gasteiger partial charge in [-0.2, -0.15) is 0 Å². The molecule has 0 saturated carbocycles. The van der Waals surface area contributed by atoms with E-state index in [1.807, 2.05) is 12.1 Å². The van der Waals surface area contributed by atoms with Gasteiger partial charge in [0.15, 0.2) is 11.6 Å². The first-order valence-electron chi connectivity index (χ1n) is 7.49. The molecule has 0 aliphatic rings. The summed E-state index contributed by atoms with van der Waals surface area (Å²) in [4.78, 5) is 0. The van der Waals surface area contributed by atoms with Crippen LogP contribution in [0.25, 0.3) is 0 Å². The predicted molar refractivity (Wildman–Crippen MR) is 84.1 cm³/mol. The molecular weight excluding hydrogens is 269 g/mol. The van der Waals surface area contributed by atoms with Crippen LogP contribution < -0.4 is 10.1 Å². The number of ether oxygens (including phenoxy) is 2. The van der Waals surface area contributed by atoms with Crippen molar-refractivity contribution in [2.45, 2.75) is 32.2 Å². The van der Waals surface area contributed by atoms with Crippen LogP contribution in [-0.4, -0.2) is 26.9 Å². The maximum Gasteiger partial charge on any atom is 0.165 e. The number of nitrogens with one attached hydrogen (secondary N) is 1. The highest BCUT2D eigenvalue weighted by molar-refractivity contribution is 5.29. The van der Waals surface area contributed by atoms with E-state index in [0.717, 1.165) is 37.8 Å². The Balaban J connectivity index is 2.27. The van der Waals surface area contributed by atoms with Gasteiger partial charge in [0.25, 0.3) is 0 Å². The first-order valence-corrected chi connectivity index (χ1v) is 7.49. The SMILES string of the molecule is C=CCCCCCOc1ccc(CNCCOC)cc1F. The Bertz CT molecular complexity index is 410. The lowest BCUT2D eigenvalue weighted by molar-refractivity contribution is 0.199. The van der Waals surface area contributed by atoms with Gasteiger partial charge in [0.05, 0.1) is 13.2 Å². The summed E-state index contributed by atoms with van der Waals surface area (Å²) in [7, 11) is 1.66. The lowest BCUT2D eigenvalue weighted by atomic mass is 10.2. The van der Waals surface area contributed by atoms with E-state index in [2.05, 4.69) is 11.9 Å². The molecule has 1 N–H and O–H groups in total. The zero-order valence-corrected chi connectivity index (χ0v) is 12.9. The smallest absolute Gasteiger partial charge is 0.165 e. The molecule has 0 saturated heterocycles. The van der Waals surface area contributed by atoms with E-state index < -0.39 is 0 Å². The minimum Gasteiger partial charge on any atom is -0.491 e. The van der Waals surface area contributed by atoms with Gasteiger partial charge in [-0.15, -0.1) is 6.58 Å². The van der Waals surface area contributed by atoms with Gasteiger partial charge in [-0.3, -0.25) is 0 Å². The monoisotopic (exact) mass is 295 g/mol. The Morgan fingerprint density at radius 1 is 1.24 bits per heavy atom. The van der Waals surface area contributed by atoms with E-state index in [0.29, 0.717) is 25.5 Å². The van der Waals surface area contributed by atoms with Gasteiger partial charge < -0.3 is 14.8 Å². The standard InChI is InChI=1S/C17H26FNO2/c1-3-4-5-6-7-11-21-17-9-8-15(13-16(17)18)14-19-10-12-20-2/h3,8-9,13,19H,1,4-7,10-12,14H2,2H3. The van der Waals surface area contributed by atoms with Crippen molar-refractivity contribution in [2.75, 3.05) is 26.9 Å². The molecule has 0 aromatic heterocycles. The Labute approximate surface area is 127 Å².